The number of methoxy groups -OCH3 is 1. The summed E-state index contributed by atoms with van der Waals surface area (Å²) in [6.45, 7) is 2.75. The summed E-state index contributed by atoms with van der Waals surface area (Å²) in [5.41, 5.74) is 3.64. The molecule has 1 unspecified atom stereocenters. The maximum atomic E-state index is 14.0. The molecule has 5 nitrogen and oxygen atoms in total. The van der Waals surface area contributed by atoms with E-state index in [1.54, 1.807) is 13.2 Å². The molecule has 0 spiro atoms. The number of amides is 1. The highest BCUT2D eigenvalue weighted by atomic mass is 19.1. The van der Waals surface area contributed by atoms with Crippen LogP contribution >= 0.6 is 0 Å². The van der Waals surface area contributed by atoms with Gasteiger partial charge in [0.25, 0.3) is 5.91 Å². The molecule has 1 aliphatic rings. The molecule has 150 valence electrons. The van der Waals surface area contributed by atoms with Gasteiger partial charge in [0.2, 0.25) is 0 Å². The van der Waals surface area contributed by atoms with E-state index in [0.29, 0.717) is 17.9 Å². The number of carbonyl (C=O) groups excluding carboxylic acids is 1. The summed E-state index contributed by atoms with van der Waals surface area (Å²) in [6.07, 6.45) is 3.01. The number of aromatic nitrogens is 2. The number of fused-ring (bicyclic) bond motifs is 1. The van der Waals surface area contributed by atoms with Crippen molar-refractivity contribution in [2.75, 3.05) is 13.7 Å². The van der Waals surface area contributed by atoms with Crippen LogP contribution in [0.5, 0.6) is 5.75 Å². The van der Waals surface area contributed by atoms with Gasteiger partial charge >= 0.3 is 0 Å². The Morgan fingerprint density at radius 2 is 1.97 bits per heavy atom. The lowest BCUT2D eigenvalue weighted by molar-refractivity contribution is 0.0740. The van der Waals surface area contributed by atoms with E-state index in [-0.39, 0.29) is 17.8 Å². The number of H-pyrrole nitrogens is 1. The lowest BCUT2D eigenvalue weighted by Crippen LogP contribution is -2.30. The van der Waals surface area contributed by atoms with Gasteiger partial charge in [0.15, 0.2) is 0 Å². The summed E-state index contributed by atoms with van der Waals surface area (Å²) in [7, 11) is 1.62. The van der Waals surface area contributed by atoms with Crippen molar-refractivity contribution < 1.29 is 13.9 Å². The molecule has 2 aromatic carbocycles. The first kappa shape index (κ1) is 19.2. The Kier molecular flexibility index (Phi) is 5.34. The Labute approximate surface area is 169 Å². The van der Waals surface area contributed by atoms with Crippen molar-refractivity contribution in [2.45, 2.75) is 32.2 Å². The van der Waals surface area contributed by atoms with Crippen LogP contribution in [0.3, 0.4) is 0 Å². The van der Waals surface area contributed by atoms with Crippen LogP contribution in [-0.2, 0) is 0 Å². The Hall–Kier alpha value is -3.15. The number of ether oxygens (including phenoxy) is 1. The van der Waals surface area contributed by atoms with Crippen LogP contribution in [0.25, 0.3) is 11.3 Å². The van der Waals surface area contributed by atoms with Crippen molar-refractivity contribution in [3.63, 3.8) is 0 Å². The molecule has 1 atom stereocenters. The van der Waals surface area contributed by atoms with Crippen molar-refractivity contribution in [3.8, 4) is 17.0 Å². The van der Waals surface area contributed by atoms with E-state index in [1.807, 2.05) is 35.2 Å². The first-order valence-corrected chi connectivity index (χ1v) is 9.93. The van der Waals surface area contributed by atoms with Gasteiger partial charge in [0.05, 0.1) is 18.8 Å². The zero-order valence-electron chi connectivity index (χ0n) is 16.6. The van der Waals surface area contributed by atoms with Crippen LogP contribution < -0.4 is 4.74 Å². The minimum Gasteiger partial charge on any atom is -0.497 e. The first-order valence-electron chi connectivity index (χ1n) is 9.93. The van der Waals surface area contributed by atoms with Crippen LogP contribution in [0.15, 0.2) is 48.5 Å². The first-order chi connectivity index (χ1) is 14.1. The molecule has 1 aromatic heterocycles. The van der Waals surface area contributed by atoms with Crippen LogP contribution in [0, 0.1) is 5.82 Å². The topological polar surface area (TPSA) is 58.2 Å². The number of hydrogen-bond acceptors (Lipinski definition) is 3. The Morgan fingerprint density at radius 1 is 1.17 bits per heavy atom. The average Bonchev–Trinajstić information content (AvgIpc) is 3.28. The van der Waals surface area contributed by atoms with Crippen LogP contribution in [-0.4, -0.2) is 34.7 Å². The lowest BCUT2D eigenvalue weighted by Gasteiger charge is -2.26. The van der Waals surface area contributed by atoms with Crippen molar-refractivity contribution in [1.82, 2.24) is 15.1 Å². The molecule has 2 heterocycles. The van der Waals surface area contributed by atoms with Crippen LogP contribution in [0.1, 0.15) is 53.8 Å². The molecule has 0 saturated heterocycles. The molecule has 0 bridgehead atoms. The molecule has 0 saturated carbocycles. The lowest BCUT2D eigenvalue weighted by atomic mass is 9.96. The number of nitrogens with zero attached hydrogens (tertiary/aromatic N) is 2. The second kappa shape index (κ2) is 8.07. The summed E-state index contributed by atoms with van der Waals surface area (Å²) in [5, 5.41) is 7.37. The van der Waals surface area contributed by atoms with E-state index in [4.69, 9.17) is 4.74 Å². The molecule has 1 N–H and O–H groups in total. The molecule has 1 amide bonds. The van der Waals surface area contributed by atoms with Gasteiger partial charge in [-0.15, -0.1) is 0 Å². The molecule has 4 rings (SSSR count). The number of carbonyl (C=O) groups is 1. The molecular formula is C23H24FN3O2. The summed E-state index contributed by atoms with van der Waals surface area (Å²) >= 11 is 0. The number of benzene rings is 2. The van der Waals surface area contributed by atoms with Gasteiger partial charge in [-0.25, -0.2) is 4.39 Å². The zero-order valence-corrected chi connectivity index (χ0v) is 16.6. The van der Waals surface area contributed by atoms with Gasteiger partial charge in [-0.3, -0.25) is 9.89 Å². The average molecular weight is 393 g/mol. The quantitative estimate of drug-likeness (QED) is 0.577. The fourth-order valence-electron chi connectivity index (χ4n) is 3.95. The van der Waals surface area contributed by atoms with Crippen LogP contribution in [0.4, 0.5) is 4.39 Å². The number of halogens is 1. The fraction of sp³-hybridized carbons (Fsp3) is 0.304. The van der Waals surface area contributed by atoms with Crippen molar-refractivity contribution in [2.24, 2.45) is 0 Å². The van der Waals surface area contributed by atoms with Crippen molar-refractivity contribution in [1.29, 1.82) is 0 Å². The molecule has 6 heteroatoms. The summed E-state index contributed by atoms with van der Waals surface area (Å²) in [4.78, 5) is 15.0. The molecule has 3 aromatic rings. The number of rotatable bonds is 7. The second-order valence-electron chi connectivity index (χ2n) is 7.25. The molecule has 0 aliphatic carbocycles. The largest absolute Gasteiger partial charge is 0.497 e. The third-order valence-electron chi connectivity index (χ3n) is 5.39. The van der Waals surface area contributed by atoms with Gasteiger partial charge in [-0.1, -0.05) is 31.9 Å². The normalized spacial score (nSPS) is 15.6. The van der Waals surface area contributed by atoms with E-state index in [1.165, 1.54) is 12.1 Å². The van der Waals surface area contributed by atoms with E-state index in [2.05, 4.69) is 17.1 Å². The predicted molar refractivity (Wildman–Crippen MR) is 109 cm³/mol. The number of hydrogen-bond donors (Lipinski definition) is 1. The maximum absolute atomic E-state index is 14.0. The second-order valence-corrected chi connectivity index (χ2v) is 7.25. The van der Waals surface area contributed by atoms with Gasteiger partial charge < -0.3 is 9.64 Å². The highest BCUT2D eigenvalue weighted by Gasteiger charge is 2.41. The van der Waals surface area contributed by atoms with Gasteiger partial charge in [0, 0.05) is 17.7 Å². The van der Waals surface area contributed by atoms with Gasteiger partial charge in [0.1, 0.15) is 17.3 Å². The van der Waals surface area contributed by atoms with Gasteiger partial charge in [-0.2, -0.15) is 5.10 Å². The van der Waals surface area contributed by atoms with Crippen molar-refractivity contribution in [3.05, 3.63) is 71.2 Å². The molecule has 0 fully saturated rings. The van der Waals surface area contributed by atoms with E-state index >= 15 is 0 Å². The molecular weight excluding hydrogens is 369 g/mol. The molecule has 0 radical (unpaired) electrons. The third kappa shape index (κ3) is 3.50. The van der Waals surface area contributed by atoms with E-state index in [0.717, 1.165) is 41.7 Å². The zero-order chi connectivity index (χ0) is 20.4. The maximum Gasteiger partial charge on any atom is 0.273 e. The minimum absolute atomic E-state index is 0.0855. The fourth-order valence-corrected chi connectivity index (χ4v) is 3.95. The van der Waals surface area contributed by atoms with E-state index in [9.17, 15) is 9.18 Å². The highest BCUT2D eigenvalue weighted by Crippen LogP contribution is 2.43. The van der Waals surface area contributed by atoms with Crippen molar-refractivity contribution >= 4 is 5.91 Å². The standard InChI is InChI=1S/C23H24FN3O2/c1-3-4-5-13-27-22(16-7-6-8-17(24)14-16)19-20(25-26-21(19)23(27)28)15-9-11-18(29-2)12-10-15/h6-12,14,22H,3-5,13H2,1-2H3,(H,25,26). The molecule has 29 heavy (non-hydrogen) atoms. The number of nitrogens with one attached hydrogen (secondary N) is 1. The highest BCUT2D eigenvalue weighted by molar-refractivity contribution is 6.00. The van der Waals surface area contributed by atoms with Crippen LogP contribution in [0.2, 0.25) is 0 Å². The third-order valence-corrected chi connectivity index (χ3v) is 5.39. The Morgan fingerprint density at radius 3 is 2.66 bits per heavy atom. The number of aromatic amines is 1. The van der Waals surface area contributed by atoms with E-state index < -0.39 is 0 Å². The monoisotopic (exact) mass is 393 g/mol. The summed E-state index contributed by atoms with van der Waals surface area (Å²) in [5.74, 6) is 0.351. The summed E-state index contributed by atoms with van der Waals surface area (Å²) < 4.78 is 19.3. The minimum atomic E-state index is -0.360. The SMILES string of the molecule is CCCCCN1C(=O)c2[nH]nc(-c3ccc(OC)cc3)c2C1c1cccc(F)c1. The Bertz CT molecular complexity index is 1010. The number of unbranched alkanes of at least 4 members (excludes halogenated alkanes) is 2. The Balaban J connectivity index is 1.80. The van der Waals surface area contributed by atoms with Gasteiger partial charge in [-0.05, 0) is 48.4 Å². The molecule has 1 aliphatic heterocycles. The summed E-state index contributed by atoms with van der Waals surface area (Å²) in [6, 6.07) is 13.7. The smallest absolute Gasteiger partial charge is 0.273 e. The predicted octanol–water partition coefficient (Wildman–Crippen LogP) is 4.96.